The summed E-state index contributed by atoms with van der Waals surface area (Å²) in [5.74, 6) is -1.35. The highest BCUT2D eigenvalue weighted by Gasteiger charge is 2.14. The van der Waals surface area contributed by atoms with Crippen molar-refractivity contribution >= 4 is 22.7 Å². The fraction of sp³-hybridized carbons (Fsp3) is 0.167. The van der Waals surface area contributed by atoms with Crippen LogP contribution in [0.25, 0.3) is 0 Å². The minimum atomic E-state index is -0.676. The zero-order valence-corrected chi connectivity index (χ0v) is 10.0. The van der Waals surface area contributed by atoms with Gasteiger partial charge in [0.1, 0.15) is 5.69 Å². The molecule has 1 aromatic heterocycles. The van der Waals surface area contributed by atoms with Gasteiger partial charge in [0, 0.05) is 11.7 Å². The van der Waals surface area contributed by atoms with E-state index in [0.29, 0.717) is 0 Å². The van der Waals surface area contributed by atoms with E-state index >= 15 is 0 Å². The van der Waals surface area contributed by atoms with Crippen LogP contribution < -0.4 is 11.1 Å². The molecule has 17 heavy (non-hydrogen) atoms. The van der Waals surface area contributed by atoms with E-state index in [0.717, 1.165) is 17.7 Å². The van der Waals surface area contributed by atoms with Gasteiger partial charge in [-0.2, -0.15) is 11.3 Å². The van der Waals surface area contributed by atoms with Crippen molar-refractivity contribution < 1.29 is 8.78 Å². The van der Waals surface area contributed by atoms with Gasteiger partial charge in [-0.05, 0) is 41.4 Å². The Labute approximate surface area is 102 Å². The number of benzene rings is 1. The molecule has 2 nitrogen and oxygen atoms in total. The number of halogens is 2. The molecule has 1 heterocycles. The monoisotopic (exact) mass is 254 g/mol. The molecule has 5 heteroatoms. The van der Waals surface area contributed by atoms with Crippen LogP contribution in [0.4, 0.5) is 20.2 Å². The Morgan fingerprint density at radius 1 is 1.29 bits per heavy atom. The third-order valence-electron chi connectivity index (χ3n) is 2.47. The summed E-state index contributed by atoms with van der Waals surface area (Å²) in [6, 6.07) is 3.96. The molecule has 0 radical (unpaired) electrons. The van der Waals surface area contributed by atoms with Crippen LogP contribution in [0, 0.1) is 11.6 Å². The first-order valence-electron chi connectivity index (χ1n) is 5.11. The van der Waals surface area contributed by atoms with Gasteiger partial charge in [-0.15, -0.1) is 0 Å². The highest BCUT2D eigenvalue weighted by molar-refractivity contribution is 7.07. The molecule has 90 valence electrons. The van der Waals surface area contributed by atoms with Crippen LogP contribution in [0.2, 0.25) is 0 Å². The summed E-state index contributed by atoms with van der Waals surface area (Å²) < 4.78 is 27.1. The van der Waals surface area contributed by atoms with Gasteiger partial charge in [-0.25, -0.2) is 8.78 Å². The van der Waals surface area contributed by atoms with Crippen molar-refractivity contribution in [1.29, 1.82) is 0 Å². The van der Waals surface area contributed by atoms with Crippen molar-refractivity contribution in [2.75, 3.05) is 11.1 Å². The van der Waals surface area contributed by atoms with E-state index in [1.165, 1.54) is 0 Å². The quantitative estimate of drug-likeness (QED) is 0.818. The first-order chi connectivity index (χ1) is 8.08. The third-order valence-corrected chi connectivity index (χ3v) is 3.17. The van der Waals surface area contributed by atoms with Crippen molar-refractivity contribution in [2.45, 2.75) is 13.0 Å². The number of hydrogen-bond donors (Lipinski definition) is 2. The lowest BCUT2D eigenvalue weighted by Crippen LogP contribution is -2.09. The predicted octanol–water partition coefficient (Wildman–Crippen LogP) is 3.78. The zero-order chi connectivity index (χ0) is 12.4. The van der Waals surface area contributed by atoms with Crippen LogP contribution in [-0.2, 0) is 0 Å². The van der Waals surface area contributed by atoms with Gasteiger partial charge in [0.05, 0.1) is 0 Å². The number of rotatable bonds is 3. The normalized spacial score (nSPS) is 12.4. The summed E-state index contributed by atoms with van der Waals surface area (Å²) in [5.41, 5.74) is 6.28. The van der Waals surface area contributed by atoms with Gasteiger partial charge < -0.3 is 11.1 Å². The first kappa shape index (κ1) is 11.9. The van der Waals surface area contributed by atoms with E-state index in [9.17, 15) is 8.78 Å². The maximum absolute atomic E-state index is 13.5. The largest absolute Gasteiger partial charge is 0.399 e. The molecule has 0 aliphatic rings. The number of thiophene rings is 1. The van der Waals surface area contributed by atoms with E-state index in [-0.39, 0.29) is 17.4 Å². The summed E-state index contributed by atoms with van der Waals surface area (Å²) in [6.45, 7) is 1.84. The molecule has 0 saturated heterocycles. The Bertz CT molecular complexity index is 488. The molecule has 0 aliphatic heterocycles. The lowest BCUT2D eigenvalue weighted by molar-refractivity contribution is 0.585. The molecule has 1 aromatic carbocycles. The SMILES string of the molecule is CC(Nc1c(F)cc(N)cc1F)c1ccsc1. The predicted molar refractivity (Wildman–Crippen MR) is 67.1 cm³/mol. The van der Waals surface area contributed by atoms with Gasteiger partial charge in [0.2, 0.25) is 0 Å². The molecule has 1 atom stereocenters. The van der Waals surface area contributed by atoms with Crippen molar-refractivity contribution in [3.8, 4) is 0 Å². The Balaban J connectivity index is 2.25. The number of nitrogens with one attached hydrogen (secondary N) is 1. The van der Waals surface area contributed by atoms with Crippen molar-refractivity contribution in [2.24, 2.45) is 0 Å². The summed E-state index contributed by atoms with van der Waals surface area (Å²) in [5, 5.41) is 6.66. The summed E-state index contributed by atoms with van der Waals surface area (Å²) >= 11 is 1.54. The van der Waals surface area contributed by atoms with Crippen molar-refractivity contribution in [3.05, 3.63) is 46.2 Å². The van der Waals surface area contributed by atoms with Crippen LogP contribution in [0.15, 0.2) is 29.0 Å². The fourth-order valence-electron chi connectivity index (χ4n) is 1.55. The van der Waals surface area contributed by atoms with Crippen LogP contribution >= 0.6 is 11.3 Å². The zero-order valence-electron chi connectivity index (χ0n) is 9.21. The first-order valence-corrected chi connectivity index (χ1v) is 6.05. The molecule has 2 aromatic rings. The summed E-state index contributed by atoms with van der Waals surface area (Å²) in [7, 11) is 0. The van der Waals surface area contributed by atoms with Crippen molar-refractivity contribution in [1.82, 2.24) is 0 Å². The Kier molecular flexibility index (Phi) is 3.28. The number of hydrogen-bond acceptors (Lipinski definition) is 3. The van der Waals surface area contributed by atoms with E-state index in [1.54, 1.807) is 11.3 Å². The highest BCUT2D eigenvalue weighted by atomic mass is 32.1. The molecule has 0 aliphatic carbocycles. The van der Waals surface area contributed by atoms with Crippen LogP contribution in [0.1, 0.15) is 18.5 Å². The number of anilines is 2. The molecule has 1 unspecified atom stereocenters. The minimum Gasteiger partial charge on any atom is -0.399 e. The van der Waals surface area contributed by atoms with E-state index < -0.39 is 11.6 Å². The lowest BCUT2D eigenvalue weighted by atomic mass is 10.1. The summed E-state index contributed by atoms with van der Waals surface area (Å²) in [4.78, 5) is 0. The molecule has 0 fully saturated rings. The van der Waals surface area contributed by atoms with Gasteiger partial charge >= 0.3 is 0 Å². The molecular weight excluding hydrogens is 242 g/mol. The second kappa shape index (κ2) is 4.71. The Morgan fingerprint density at radius 3 is 2.47 bits per heavy atom. The topological polar surface area (TPSA) is 38.0 Å². The van der Waals surface area contributed by atoms with E-state index in [4.69, 9.17) is 5.73 Å². The molecule has 2 rings (SSSR count). The molecule has 0 saturated carbocycles. The van der Waals surface area contributed by atoms with Crippen LogP contribution in [0.5, 0.6) is 0 Å². The maximum atomic E-state index is 13.5. The Hall–Kier alpha value is -1.62. The number of nitrogens with two attached hydrogens (primary N) is 1. The third kappa shape index (κ3) is 2.55. The van der Waals surface area contributed by atoms with Crippen LogP contribution in [0.3, 0.4) is 0 Å². The molecule has 0 bridgehead atoms. The molecule has 3 N–H and O–H groups in total. The lowest BCUT2D eigenvalue weighted by Gasteiger charge is -2.15. The number of nitrogen functional groups attached to an aromatic ring is 1. The molecule has 0 spiro atoms. The molecule has 0 amide bonds. The standard InChI is InChI=1S/C12H12F2N2S/c1-7(8-2-3-17-6-8)16-12-10(13)4-9(15)5-11(12)14/h2-7,16H,15H2,1H3. The second-order valence-corrected chi connectivity index (χ2v) is 4.56. The van der Waals surface area contributed by atoms with E-state index in [1.807, 2.05) is 23.8 Å². The average Bonchev–Trinajstić information content (AvgIpc) is 2.76. The average molecular weight is 254 g/mol. The molecular formula is C12H12F2N2S. The van der Waals surface area contributed by atoms with Gasteiger partial charge in [-0.1, -0.05) is 0 Å². The maximum Gasteiger partial charge on any atom is 0.151 e. The summed E-state index contributed by atoms with van der Waals surface area (Å²) in [6.07, 6.45) is 0. The van der Waals surface area contributed by atoms with Gasteiger partial charge in [-0.3, -0.25) is 0 Å². The minimum absolute atomic E-state index is 0.0775. The Morgan fingerprint density at radius 2 is 1.94 bits per heavy atom. The fourth-order valence-corrected chi connectivity index (χ4v) is 2.31. The van der Waals surface area contributed by atoms with Gasteiger partial charge in [0.25, 0.3) is 0 Å². The second-order valence-electron chi connectivity index (χ2n) is 3.78. The van der Waals surface area contributed by atoms with Crippen molar-refractivity contribution in [3.63, 3.8) is 0 Å². The smallest absolute Gasteiger partial charge is 0.151 e. The van der Waals surface area contributed by atoms with E-state index in [2.05, 4.69) is 5.32 Å². The van der Waals surface area contributed by atoms with Crippen LogP contribution in [-0.4, -0.2) is 0 Å². The van der Waals surface area contributed by atoms with Gasteiger partial charge in [0.15, 0.2) is 11.6 Å². The highest BCUT2D eigenvalue weighted by Crippen LogP contribution is 2.27.